The molecule has 0 atom stereocenters. The maximum atomic E-state index is 5.58. The van der Waals surface area contributed by atoms with E-state index < -0.39 is 0 Å². The molecule has 0 aromatic heterocycles. The predicted molar refractivity (Wildman–Crippen MR) is 116 cm³/mol. The number of rotatable bonds is 12. The van der Waals surface area contributed by atoms with Crippen molar-refractivity contribution in [2.75, 3.05) is 26.2 Å². The third kappa shape index (κ3) is 16.2. The fourth-order valence-corrected chi connectivity index (χ4v) is 2.43. The predicted octanol–water partition coefficient (Wildman–Crippen LogP) is 4.26. The van der Waals surface area contributed by atoms with Gasteiger partial charge in [0, 0.05) is 26.2 Å². The minimum atomic E-state index is 0.553. The highest BCUT2D eigenvalue weighted by Gasteiger charge is 2.04. The van der Waals surface area contributed by atoms with Crippen molar-refractivity contribution in [1.29, 1.82) is 0 Å². The van der Waals surface area contributed by atoms with Crippen LogP contribution in [-0.2, 0) is 0 Å². The van der Waals surface area contributed by atoms with Crippen molar-refractivity contribution in [3.8, 4) is 0 Å². The molecule has 0 heterocycles. The lowest BCUT2D eigenvalue weighted by atomic mass is 10.3. The first-order valence-electron chi connectivity index (χ1n) is 9.53. The molecule has 24 heavy (non-hydrogen) atoms. The quantitative estimate of drug-likeness (QED) is 0.496. The molecule has 4 nitrogen and oxygen atoms in total. The van der Waals surface area contributed by atoms with Crippen LogP contribution in [0, 0.1) is 0 Å². The highest BCUT2D eigenvalue weighted by atomic mass is 32.1. The largest absolute Gasteiger partial charge is 0.376 e. The smallest absolute Gasteiger partial charge is 0.166 e. The molecule has 0 spiro atoms. The molecule has 0 amide bonds. The van der Waals surface area contributed by atoms with E-state index in [1.807, 2.05) is 0 Å². The van der Waals surface area contributed by atoms with Gasteiger partial charge in [0.1, 0.15) is 0 Å². The van der Waals surface area contributed by atoms with Crippen LogP contribution in [0.25, 0.3) is 0 Å². The van der Waals surface area contributed by atoms with Crippen LogP contribution in [-0.4, -0.2) is 46.2 Å². The molecule has 4 N–H and O–H groups in total. The number of nitrogens with two attached hydrogens (primary N) is 2. The van der Waals surface area contributed by atoms with Crippen LogP contribution in [0.1, 0.15) is 79.1 Å². The van der Waals surface area contributed by atoms with E-state index in [0.717, 1.165) is 26.2 Å². The first kappa shape index (κ1) is 25.6. The van der Waals surface area contributed by atoms with Crippen molar-refractivity contribution in [1.82, 2.24) is 9.80 Å². The van der Waals surface area contributed by atoms with E-state index in [0.29, 0.717) is 10.2 Å². The minimum absolute atomic E-state index is 0.553. The van der Waals surface area contributed by atoms with Crippen LogP contribution >= 0.6 is 24.4 Å². The summed E-state index contributed by atoms with van der Waals surface area (Å²) in [5.74, 6) is 0. The summed E-state index contributed by atoms with van der Waals surface area (Å²) in [7, 11) is 0. The second-order valence-corrected chi connectivity index (χ2v) is 6.90. The summed E-state index contributed by atoms with van der Waals surface area (Å²) >= 11 is 9.89. The molecule has 0 aliphatic rings. The van der Waals surface area contributed by atoms with E-state index >= 15 is 0 Å². The van der Waals surface area contributed by atoms with Crippen LogP contribution in [0.2, 0.25) is 0 Å². The van der Waals surface area contributed by atoms with Crippen LogP contribution in [0.3, 0.4) is 0 Å². The van der Waals surface area contributed by atoms with Gasteiger partial charge in [0.05, 0.1) is 0 Å². The summed E-state index contributed by atoms with van der Waals surface area (Å²) < 4.78 is 0. The molecular formula is C18H40N4S2. The Morgan fingerprint density at radius 2 is 0.792 bits per heavy atom. The summed E-state index contributed by atoms with van der Waals surface area (Å²) in [4.78, 5) is 4.20. The molecule has 0 rings (SSSR count). The maximum Gasteiger partial charge on any atom is 0.166 e. The number of unbranched alkanes of at least 4 members (excludes halogenated alkanes) is 4. The van der Waals surface area contributed by atoms with Crippen LogP contribution in [0.4, 0.5) is 0 Å². The van der Waals surface area contributed by atoms with E-state index in [1.165, 1.54) is 51.4 Å². The van der Waals surface area contributed by atoms with Crippen molar-refractivity contribution in [2.45, 2.75) is 79.1 Å². The molecule has 0 aliphatic heterocycles. The zero-order chi connectivity index (χ0) is 18.8. The summed E-state index contributed by atoms with van der Waals surface area (Å²) in [6, 6.07) is 0. The van der Waals surface area contributed by atoms with Crippen molar-refractivity contribution in [3.63, 3.8) is 0 Å². The van der Waals surface area contributed by atoms with Gasteiger partial charge in [0.2, 0.25) is 0 Å². The first-order chi connectivity index (χ1) is 11.4. The molecule has 0 bridgehead atoms. The van der Waals surface area contributed by atoms with Gasteiger partial charge in [-0.15, -0.1) is 0 Å². The Hall–Kier alpha value is -0.620. The lowest BCUT2D eigenvalue weighted by molar-refractivity contribution is 0.401. The molecular weight excluding hydrogens is 336 g/mol. The Balaban J connectivity index is 0. The Bertz CT molecular complexity index is 265. The van der Waals surface area contributed by atoms with Gasteiger partial charge >= 0.3 is 0 Å². The van der Waals surface area contributed by atoms with Gasteiger partial charge < -0.3 is 21.3 Å². The Kier molecular flexibility index (Phi) is 20.0. The fraction of sp³-hybridized carbons (Fsp3) is 0.889. The zero-order valence-corrected chi connectivity index (χ0v) is 18.0. The summed E-state index contributed by atoms with van der Waals surface area (Å²) in [6.45, 7) is 12.8. The average Bonchev–Trinajstić information content (AvgIpc) is 2.55. The Morgan fingerprint density at radius 3 is 0.917 bits per heavy atom. The van der Waals surface area contributed by atoms with Crippen molar-refractivity contribution >= 4 is 34.7 Å². The van der Waals surface area contributed by atoms with Gasteiger partial charge in [-0.25, -0.2) is 0 Å². The summed E-state index contributed by atoms with van der Waals surface area (Å²) in [6.07, 6.45) is 9.52. The highest BCUT2D eigenvalue weighted by molar-refractivity contribution is 7.80. The van der Waals surface area contributed by atoms with E-state index in [2.05, 4.69) is 37.5 Å². The van der Waals surface area contributed by atoms with E-state index in [4.69, 9.17) is 35.9 Å². The third-order valence-corrected chi connectivity index (χ3v) is 4.27. The molecule has 0 radical (unpaired) electrons. The zero-order valence-electron chi connectivity index (χ0n) is 16.4. The van der Waals surface area contributed by atoms with Gasteiger partial charge in [-0.2, -0.15) is 0 Å². The molecule has 0 aromatic rings. The van der Waals surface area contributed by atoms with Crippen molar-refractivity contribution in [2.24, 2.45) is 11.5 Å². The highest BCUT2D eigenvalue weighted by Crippen LogP contribution is 1.99. The van der Waals surface area contributed by atoms with Gasteiger partial charge in [-0.05, 0) is 50.1 Å². The van der Waals surface area contributed by atoms with Crippen molar-refractivity contribution in [3.05, 3.63) is 0 Å². The van der Waals surface area contributed by atoms with Crippen LogP contribution < -0.4 is 11.5 Å². The van der Waals surface area contributed by atoms with Gasteiger partial charge in [0.25, 0.3) is 0 Å². The monoisotopic (exact) mass is 376 g/mol. The second-order valence-electron chi connectivity index (χ2n) is 6.06. The number of thiocarbonyl (C=S) groups is 2. The third-order valence-electron chi connectivity index (χ3n) is 3.75. The average molecular weight is 377 g/mol. The first-order valence-corrected chi connectivity index (χ1v) is 10.3. The normalized spacial score (nSPS) is 9.83. The van der Waals surface area contributed by atoms with Gasteiger partial charge in [-0.1, -0.05) is 53.4 Å². The lowest BCUT2D eigenvalue weighted by Crippen LogP contribution is -2.36. The van der Waals surface area contributed by atoms with Gasteiger partial charge in [-0.3, -0.25) is 0 Å². The SMILES string of the molecule is CCCCN(CCCC)C(N)=S.CCCCN(CCCC)C(N)=S. The minimum Gasteiger partial charge on any atom is -0.376 e. The number of nitrogens with zero attached hydrogens (tertiary/aromatic N) is 2. The maximum absolute atomic E-state index is 5.58. The molecule has 6 heteroatoms. The summed E-state index contributed by atoms with van der Waals surface area (Å²) in [5.41, 5.74) is 11.2. The topological polar surface area (TPSA) is 58.5 Å². The Morgan fingerprint density at radius 1 is 0.583 bits per heavy atom. The van der Waals surface area contributed by atoms with E-state index in [-0.39, 0.29) is 0 Å². The molecule has 0 aliphatic carbocycles. The van der Waals surface area contributed by atoms with E-state index in [1.54, 1.807) is 0 Å². The lowest BCUT2D eigenvalue weighted by Gasteiger charge is -2.21. The number of hydrogen-bond acceptors (Lipinski definition) is 2. The molecule has 0 aromatic carbocycles. The number of hydrogen-bond donors (Lipinski definition) is 2. The van der Waals surface area contributed by atoms with Crippen LogP contribution in [0.5, 0.6) is 0 Å². The van der Waals surface area contributed by atoms with Gasteiger partial charge in [0.15, 0.2) is 10.2 Å². The summed E-state index contributed by atoms with van der Waals surface area (Å²) in [5, 5.41) is 1.11. The Labute approximate surface area is 161 Å². The van der Waals surface area contributed by atoms with Crippen molar-refractivity contribution < 1.29 is 0 Å². The molecule has 144 valence electrons. The molecule has 0 unspecified atom stereocenters. The van der Waals surface area contributed by atoms with E-state index in [9.17, 15) is 0 Å². The fourth-order valence-electron chi connectivity index (χ4n) is 2.06. The van der Waals surface area contributed by atoms with Crippen LogP contribution in [0.15, 0.2) is 0 Å². The molecule has 0 saturated heterocycles. The standard InChI is InChI=1S/2C9H20N2S/c2*1-3-5-7-11(9(10)12)8-6-4-2/h2*3-8H2,1-2H3,(H2,10,12). The molecule has 0 saturated carbocycles. The second kappa shape index (κ2) is 18.7. The molecule has 0 fully saturated rings.